The Hall–Kier alpha value is -1.59. The number of aliphatic carboxylic acids is 1. The molecule has 0 spiro atoms. The first-order valence-corrected chi connectivity index (χ1v) is 9.48. The minimum atomic E-state index is -0.706. The Labute approximate surface area is 150 Å². The molecule has 1 aliphatic rings. The molecule has 1 saturated carbocycles. The van der Waals surface area contributed by atoms with E-state index in [2.05, 4.69) is 5.32 Å². The Kier molecular flexibility index (Phi) is 8.22. The van der Waals surface area contributed by atoms with Crippen molar-refractivity contribution in [3.8, 4) is 5.75 Å². The van der Waals surface area contributed by atoms with Gasteiger partial charge in [-0.25, -0.2) is 0 Å². The number of carbonyl (C=O) groups is 1. The van der Waals surface area contributed by atoms with Crippen LogP contribution in [0.15, 0.2) is 24.3 Å². The standard InChI is InChI=1S/C20H31NO4/c22-17-12-10-15(11-13-17)14-19(23)21-18-8-5-7-16(18)6-3-1-2-4-9-20(24)25/h10-13,16,18-19,21-23H,1-9,14H2,(H,24,25). The van der Waals surface area contributed by atoms with Crippen LogP contribution in [0, 0.1) is 5.92 Å². The van der Waals surface area contributed by atoms with Crippen LogP contribution < -0.4 is 5.32 Å². The maximum atomic E-state index is 10.5. The van der Waals surface area contributed by atoms with Crippen molar-refractivity contribution in [2.75, 3.05) is 0 Å². The molecule has 0 aromatic heterocycles. The van der Waals surface area contributed by atoms with Crippen LogP contribution in [0.25, 0.3) is 0 Å². The Balaban J connectivity index is 1.66. The summed E-state index contributed by atoms with van der Waals surface area (Å²) >= 11 is 0. The summed E-state index contributed by atoms with van der Waals surface area (Å²) in [4.78, 5) is 10.5. The fourth-order valence-electron chi connectivity index (χ4n) is 3.80. The zero-order valence-electron chi connectivity index (χ0n) is 14.9. The summed E-state index contributed by atoms with van der Waals surface area (Å²) in [6.45, 7) is 0. The van der Waals surface area contributed by atoms with Crippen LogP contribution in [0.2, 0.25) is 0 Å². The number of aliphatic hydroxyl groups excluding tert-OH is 1. The fourth-order valence-corrected chi connectivity index (χ4v) is 3.80. The van der Waals surface area contributed by atoms with Crippen molar-refractivity contribution < 1.29 is 20.1 Å². The summed E-state index contributed by atoms with van der Waals surface area (Å²) in [7, 11) is 0. The molecule has 0 radical (unpaired) electrons. The van der Waals surface area contributed by atoms with Crippen LogP contribution in [-0.2, 0) is 11.2 Å². The van der Waals surface area contributed by atoms with E-state index in [-0.39, 0.29) is 12.2 Å². The van der Waals surface area contributed by atoms with Crippen LogP contribution in [0.3, 0.4) is 0 Å². The van der Waals surface area contributed by atoms with Crippen LogP contribution in [-0.4, -0.2) is 33.6 Å². The number of carboxylic acid groups (broad SMARTS) is 1. The van der Waals surface area contributed by atoms with E-state index in [0.717, 1.165) is 44.1 Å². The molecule has 0 amide bonds. The van der Waals surface area contributed by atoms with Gasteiger partial charge in [0.15, 0.2) is 0 Å². The lowest BCUT2D eigenvalue weighted by Gasteiger charge is -2.24. The Bertz CT molecular complexity index is 517. The lowest BCUT2D eigenvalue weighted by molar-refractivity contribution is -0.137. The van der Waals surface area contributed by atoms with Gasteiger partial charge in [0.1, 0.15) is 12.0 Å². The third-order valence-electron chi connectivity index (χ3n) is 5.15. The van der Waals surface area contributed by atoms with E-state index in [0.29, 0.717) is 18.4 Å². The molecule has 3 atom stereocenters. The van der Waals surface area contributed by atoms with Gasteiger partial charge in [-0.15, -0.1) is 0 Å². The van der Waals surface area contributed by atoms with Crippen molar-refractivity contribution in [1.82, 2.24) is 5.32 Å². The number of phenolic OH excluding ortho intramolecular Hbond substituents is 1. The molecular formula is C20H31NO4. The van der Waals surface area contributed by atoms with Crippen LogP contribution in [0.4, 0.5) is 0 Å². The van der Waals surface area contributed by atoms with Gasteiger partial charge in [0, 0.05) is 18.9 Å². The largest absolute Gasteiger partial charge is 0.508 e. The van der Waals surface area contributed by atoms with Gasteiger partial charge >= 0.3 is 5.97 Å². The maximum Gasteiger partial charge on any atom is 0.303 e. The van der Waals surface area contributed by atoms with Crippen molar-refractivity contribution in [3.63, 3.8) is 0 Å². The zero-order chi connectivity index (χ0) is 18.1. The highest BCUT2D eigenvalue weighted by molar-refractivity contribution is 5.66. The van der Waals surface area contributed by atoms with E-state index < -0.39 is 12.2 Å². The third-order valence-corrected chi connectivity index (χ3v) is 5.15. The Morgan fingerprint density at radius 3 is 2.56 bits per heavy atom. The van der Waals surface area contributed by atoms with E-state index in [1.54, 1.807) is 12.1 Å². The molecule has 2 rings (SSSR count). The number of rotatable bonds is 11. The van der Waals surface area contributed by atoms with Crippen LogP contribution >= 0.6 is 0 Å². The SMILES string of the molecule is O=C(O)CCCCCCC1CCCC1NC(O)Cc1ccc(O)cc1. The van der Waals surface area contributed by atoms with Gasteiger partial charge in [0.25, 0.3) is 0 Å². The van der Waals surface area contributed by atoms with Crippen LogP contribution in [0.5, 0.6) is 5.75 Å². The summed E-state index contributed by atoms with van der Waals surface area (Å²) in [5, 5.41) is 31.6. The summed E-state index contributed by atoms with van der Waals surface area (Å²) in [5.41, 5.74) is 1.01. The van der Waals surface area contributed by atoms with Gasteiger partial charge in [-0.3, -0.25) is 10.1 Å². The van der Waals surface area contributed by atoms with Gasteiger partial charge < -0.3 is 15.3 Å². The minimum Gasteiger partial charge on any atom is -0.508 e. The quantitative estimate of drug-likeness (QED) is 0.363. The second kappa shape index (κ2) is 10.4. The van der Waals surface area contributed by atoms with Crippen molar-refractivity contribution in [2.45, 2.75) is 76.5 Å². The first-order valence-electron chi connectivity index (χ1n) is 9.48. The topological polar surface area (TPSA) is 89.8 Å². The predicted molar refractivity (Wildman–Crippen MR) is 97.4 cm³/mol. The summed E-state index contributed by atoms with van der Waals surface area (Å²) in [6.07, 6.45) is 8.90. The number of benzene rings is 1. The lowest BCUT2D eigenvalue weighted by Crippen LogP contribution is -2.41. The molecule has 5 nitrogen and oxygen atoms in total. The Morgan fingerprint density at radius 1 is 1.12 bits per heavy atom. The molecule has 0 bridgehead atoms. The van der Waals surface area contributed by atoms with Gasteiger partial charge in [0.2, 0.25) is 0 Å². The molecule has 4 N–H and O–H groups in total. The monoisotopic (exact) mass is 349 g/mol. The number of hydrogen-bond acceptors (Lipinski definition) is 4. The molecule has 5 heteroatoms. The molecule has 1 aliphatic carbocycles. The molecule has 0 aliphatic heterocycles. The van der Waals surface area contributed by atoms with Crippen LogP contribution in [0.1, 0.15) is 63.4 Å². The van der Waals surface area contributed by atoms with E-state index in [4.69, 9.17) is 5.11 Å². The molecular weight excluding hydrogens is 318 g/mol. The predicted octanol–water partition coefficient (Wildman–Crippen LogP) is 3.44. The van der Waals surface area contributed by atoms with E-state index in [9.17, 15) is 15.0 Å². The van der Waals surface area contributed by atoms with E-state index >= 15 is 0 Å². The maximum absolute atomic E-state index is 10.5. The molecule has 0 heterocycles. The molecule has 140 valence electrons. The van der Waals surface area contributed by atoms with Crippen molar-refractivity contribution in [2.24, 2.45) is 5.92 Å². The molecule has 3 unspecified atom stereocenters. The van der Waals surface area contributed by atoms with Gasteiger partial charge in [-0.1, -0.05) is 37.8 Å². The summed E-state index contributed by atoms with van der Waals surface area (Å²) < 4.78 is 0. The highest BCUT2D eigenvalue weighted by Crippen LogP contribution is 2.30. The number of unbranched alkanes of at least 4 members (excludes halogenated alkanes) is 3. The normalized spacial score (nSPS) is 21.3. The van der Waals surface area contributed by atoms with Gasteiger partial charge in [0.05, 0.1) is 0 Å². The van der Waals surface area contributed by atoms with E-state index in [1.807, 2.05) is 12.1 Å². The lowest BCUT2D eigenvalue weighted by atomic mass is 9.95. The molecule has 25 heavy (non-hydrogen) atoms. The molecule has 0 saturated heterocycles. The Morgan fingerprint density at radius 2 is 1.84 bits per heavy atom. The van der Waals surface area contributed by atoms with Crippen molar-refractivity contribution in [1.29, 1.82) is 0 Å². The van der Waals surface area contributed by atoms with Crippen molar-refractivity contribution in [3.05, 3.63) is 29.8 Å². The smallest absolute Gasteiger partial charge is 0.303 e. The van der Waals surface area contributed by atoms with Gasteiger partial charge in [-0.05, 0) is 49.3 Å². The average Bonchev–Trinajstić information content (AvgIpc) is 2.99. The number of nitrogens with one attached hydrogen (secondary N) is 1. The number of aromatic hydroxyl groups is 1. The molecule has 1 aromatic rings. The minimum absolute atomic E-state index is 0.241. The van der Waals surface area contributed by atoms with Crippen molar-refractivity contribution >= 4 is 5.97 Å². The van der Waals surface area contributed by atoms with Gasteiger partial charge in [-0.2, -0.15) is 0 Å². The number of aliphatic hydroxyl groups is 1. The first-order chi connectivity index (χ1) is 12.0. The highest BCUT2D eigenvalue weighted by atomic mass is 16.4. The number of hydrogen-bond donors (Lipinski definition) is 4. The first kappa shape index (κ1) is 19.7. The summed E-state index contributed by atoms with van der Waals surface area (Å²) in [5.74, 6) is 0.141. The number of carboxylic acids is 1. The number of phenols is 1. The fraction of sp³-hybridized carbons (Fsp3) is 0.650. The second-order valence-corrected chi connectivity index (χ2v) is 7.20. The summed E-state index contributed by atoms with van der Waals surface area (Å²) in [6, 6.07) is 7.33. The molecule has 1 aromatic carbocycles. The molecule has 1 fully saturated rings. The zero-order valence-corrected chi connectivity index (χ0v) is 14.9. The third kappa shape index (κ3) is 7.45. The van der Waals surface area contributed by atoms with E-state index in [1.165, 1.54) is 12.8 Å². The highest BCUT2D eigenvalue weighted by Gasteiger charge is 2.28. The second-order valence-electron chi connectivity index (χ2n) is 7.20. The average molecular weight is 349 g/mol.